The summed E-state index contributed by atoms with van der Waals surface area (Å²) in [5.41, 5.74) is 1.03. The molecule has 1 N–H and O–H groups in total. The molecule has 0 fully saturated rings. The number of carboxylic acid groups (broad SMARTS) is 1. The van der Waals surface area contributed by atoms with E-state index in [0.29, 0.717) is 12.2 Å². The lowest BCUT2D eigenvalue weighted by Gasteiger charge is -2.36. The lowest BCUT2D eigenvalue weighted by atomic mass is 9.88. The van der Waals surface area contributed by atoms with Gasteiger partial charge in [-0.1, -0.05) is 25.7 Å². The minimum Gasteiger partial charge on any atom is -0.493 e. The normalized spacial score (nSPS) is 18.2. The molecule has 1 unspecified atom stereocenters. The number of fused-ring (bicyclic) bond motifs is 1. The number of aryl methyl sites for hydroxylation is 1. The van der Waals surface area contributed by atoms with Gasteiger partial charge in [0.2, 0.25) is 0 Å². The molecule has 1 aromatic carbocycles. The van der Waals surface area contributed by atoms with E-state index in [1.54, 1.807) is 0 Å². The highest BCUT2D eigenvalue weighted by Gasteiger charge is 2.31. The maximum atomic E-state index is 10.6. The van der Waals surface area contributed by atoms with Gasteiger partial charge in [0.15, 0.2) is 0 Å². The van der Waals surface area contributed by atoms with Crippen LogP contribution in [-0.2, 0) is 11.2 Å². The molecular weight excluding hydrogens is 342 g/mol. The Bertz CT molecular complexity index is 652. The highest BCUT2D eigenvalue weighted by atomic mass is 16.5. The lowest BCUT2D eigenvalue weighted by Crippen LogP contribution is -2.36. The first kappa shape index (κ1) is 21.1. The number of benzene rings is 1. The molecule has 0 aliphatic carbocycles. The molecule has 148 valence electrons. The Balaban J connectivity index is 1.72. The van der Waals surface area contributed by atoms with Gasteiger partial charge in [0.1, 0.15) is 17.1 Å². The van der Waals surface area contributed by atoms with Crippen molar-refractivity contribution in [1.29, 1.82) is 5.26 Å². The van der Waals surface area contributed by atoms with Crippen LogP contribution in [0.4, 0.5) is 0 Å². The lowest BCUT2D eigenvalue weighted by molar-refractivity contribution is -0.137. The molecule has 2 rings (SSSR count). The molecule has 1 aliphatic heterocycles. The molecule has 0 saturated heterocycles. The van der Waals surface area contributed by atoms with Gasteiger partial charge < -0.3 is 14.6 Å². The van der Waals surface area contributed by atoms with Gasteiger partial charge in [-0.05, 0) is 62.8 Å². The first-order chi connectivity index (χ1) is 13.0. The molecule has 1 aromatic rings. The summed E-state index contributed by atoms with van der Waals surface area (Å²) >= 11 is 0. The zero-order chi connectivity index (χ0) is 19.5. The number of aliphatic carboxylic acids is 1. The molecule has 1 aliphatic rings. The average Bonchev–Trinajstić information content (AvgIpc) is 2.64. The Morgan fingerprint density at radius 3 is 2.74 bits per heavy atom. The molecule has 1 heterocycles. The maximum Gasteiger partial charge on any atom is 0.306 e. The average molecular weight is 373 g/mol. The summed E-state index contributed by atoms with van der Waals surface area (Å²) in [6, 6.07) is 7.96. The van der Waals surface area contributed by atoms with Crippen LogP contribution in [0.5, 0.6) is 11.5 Å². The van der Waals surface area contributed by atoms with Crippen molar-refractivity contribution in [3.8, 4) is 17.6 Å². The van der Waals surface area contributed by atoms with E-state index >= 15 is 0 Å². The third kappa shape index (κ3) is 7.50. The third-order valence-electron chi connectivity index (χ3n) is 5.14. The standard InChI is InChI=1S/C22H31NO4/c1-22(13-7-5-3-2-4-6-8-15-23)14-11-18-17-19(9-10-20(18)27-22)26-16-12-21(24)25/h9-10,17H,2-8,11-14,16H2,1H3,(H,24,25). The second kappa shape index (κ2) is 10.8. The largest absolute Gasteiger partial charge is 0.493 e. The number of unbranched alkanes of at least 4 members (excludes halogenated alkanes) is 6. The fourth-order valence-corrected chi connectivity index (χ4v) is 3.50. The topological polar surface area (TPSA) is 79.5 Å². The molecule has 0 bridgehead atoms. The van der Waals surface area contributed by atoms with Crippen LogP contribution < -0.4 is 9.47 Å². The van der Waals surface area contributed by atoms with Crippen molar-refractivity contribution in [3.05, 3.63) is 23.8 Å². The van der Waals surface area contributed by atoms with Crippen molar-refractivity contribution >= 4 is 5.97 Å². The number of carbonyl (C=O) groups is 1. The summed E-state index contributed by atoms with van der Waals surface area (Å²) in [4.78, 5) is 10.6. The summed E-state index contributed by atoms with van der Waals surface area (Å²) in [5, 5.41) is 17.2. The van der Waals surface area contributed by atoms with Crippen LogP contribution in [0.15, 0.2) is 18.2 Å². The quantitative estimate of drug-likeness (QED) is 0.505. The van der Waals surface area contributed by atoms with E-state index in [4.69, 9.17) is 19.8 Å². The first-order valence-electron chi connectivity index (χ1n) is 10.1. The van der Waals surface area contributed by atoms with E-state index in [1.807, 2.05) is 18.2 Å². The van der Waals surface area contributed by atoms with Gasteiger partial charge in [-0.15, -0.1) is 0 Å². The van der Waals surface area contributed by atoms with Crippen LogP contribution in [-0.4, -0.2) is 23.3 Å². The number of ether oxygens (including phenoxy) is 2. The SMILES string of the molecule is CC1(CCCCCCCCC#N)CCc2cc(OCCC(=O)O)ccc2O1. The van der Waals surface area contributed by atoms with Crippen LogP contribution in [0.25, 0.3) is 0 Å². The number of nitrogens with zero attached hydrogens (tertiary/aromatic N) is 1. The number of nitriles is 1. The predicted molar refractivity (Wildman–Crippen MR) is 104 cm³/mol. The first-order valence-corrected chi connectivity index (χ1v) is 10.1. The fourth-order valence-electron chi connectivity index (χ4n) is 3.50. The Morgan fingerprint density at radius 1 is 1.26 bits per heavy atom. The van der Waals surface area contributed by atoms with E-state index in [2.05, 4.69) is 13.0 Å². The highest BCUT2D eigenvalue weighted by Crippen LogP contribution is 2.37. The van der Waals surface area contributed by atoms with Crippen LogP contribution >= 0.6 is 0 Å². The molecule has 0 amide bonds. The number of hydrogen-bond acceptors (Lipinski definition) is 4. The molecule has 5 nitrogen and oxygen atoms in total. The van der Waals surface area contributed by atoms with Crippen molar-refractivity contribution in [1.82, 2.24) is 0 Å². The molecule has 0 spiro atoms. The molecule has 5 heteroatoms. The highest BCUT2D eigenvalue weighted by molar-refractivity contribution is 5.66. The summed E-state index contributed by atoms with van der Waals surface area (Å²) in [7, 11) is 0. The Kier molecular flexibility index (Phi) is 8.44. The van der Waals surface area contributed by atoms with Gasteiger partial charge in [0.25, 0.3) is 0 Å². The minimum atomic E-state index is -0.853. The van der Waals surface area contributed by atoms with Crippen LogP contribution in [0.3, 0.4) is 0 Å². The van der Waals surface area contributed by atoms with E-state index in [-0.39, 0.29) is 18.6 Å². The van der Waals surface area contributed by atoms with Crippen LogP contribution in [0, 0.1) is 11.3 Å². The number of rotatable bonds is 12. The van der Waals surface area contributed by atoms with Crippen molar-refractivity contribution < 1.29 is 19.4 Å². The minimum absolute atomic E-state index is 0.00395. The summed E-state index contributed by atoms with van der Waals surface area (Å²) in [6.07, 6.45) is 10.7. The Labute approximate surface area is 162 Å². The molecular formula is C22H31NO4. The monoisotopic (exact) mass is 373 g/mol. The zero-order valence-electron chi connectivity index (χ0n) is 16.3. The van der Waals surface area contributed by atoms with E-state index in [0.717, 1.165) is 43.4 Å². The van der Waals surface area contributed by atoms with Gasteiger partial charge in [0, 0.05) is 6.42 Å². The number of carboxylic acids is 1. The second-order valence-corrected chi connectivity index (χ2v) is 7.59. The molecule has 27 heavy (non-hydrogen) atoms. The fraction of sp³-hybridized carbons (Fsp3) is 0.636. The third-order valence-corrected chi connectivity index (χ3v) is 5.14. The molecule has 0 radical (unpaired) electrons. The van der Waals surface area contributed by atoms with Gasteiger partial charge in [-0.25, -0.2) is 0 Å². The molecule has 0 saturated carbocycles. The van der Waals surface area contributed by atoms with Crippen molar-refractivity contribution in [2.24, 2.45) is 0 Å². The van der Waals surface area contributed by atoms with E-state index < -0.39 is 5.97 Å². The number of hydrogen-bond donors (Lipinski definition) is 1. The summed E-state index contributed by atoms with van der Waals surface area (Å²) in [5.74, 6) is 0.777. The van der Waals surface area contributed by atoms with Gasteiger partial charge in [-0.2, -0.15) is 5.26 Å². The van der Waals surface area contributed by atoms with Gasteiger partial charge in [0.05, 0.1) is 19.1 Å². The van der Waals surface area contributed by atoms with Gasteiger partial charge >= 0.3 is 5.97 Å². The van der Waals surface area contributed by atoms with Crippen LogP contribution in [0.1, 0.15) is 76.7 Å². The zero-order valence-corrected chi connectivity index (χ0v) is 16.3. The Morgan fingerprint density at radius 2 is 2.00 bits per heavy atom. The summed E-state index contributed by atoms with van der Waals surface area (Å²) in [6.45, 7) is 2.38. The smallest absolute Gasteiger partial charge is 0.306 e. The predicted octanol–water partition coefficient (Wildman–Crippen LogP) is 5.27. The van der Waals surface area contributed by atoms with Gasteiger partial charge in [-0.3, -0.25) is 4.79 Å². The van der Waals surface area contributed by atoms with Crippen LogP contribution in [0.2, 0.25) is 0 Å². The van der Waals surface area contributed by atoms with E-state index in [9.17, 15) is 4.79 Å². The molecule has 1 atom stereocenters. The van der Waals surface area contributed by atoms with Crippen molar-refractivity contribution in [2.75, 3.05) is 6.61 Å². The maximum absolute atomic E-state index is 10.6. The van der Waals surface area contributed by atoms with Crippen molar-refractivity contribution in [2.45, 2.75) is 83.2 Å². The Hall–Kier alpha value is -2.22. The summed E-state index contributed by atoms with van der Waals surface area (Å²) < 4.78 is 11.8. The van der Waals surface area contributed by atoms with E-state index in [1.165, 1.54) is 25.7 Å². The molecule has 0 aromatic heterocycles. The van der Waals surface area contributed by atoms with Crippen molar-refractivity contribution in [3.63, 3.8) is 0 Å². The second-order valence-electron chi connectivity index (χ2n) is 7.59.